The van der Waals surface area contributed by atoms with Crippen molar-refractivity contribution in [2.24, 2.45) is 5.73 Å². The lowest BCUT2D eigenvalue weighted by Gasteiger charge is -2.29. The summed E-state index contributed by atoms with van der Waals surface area (Å²) in [5.41, 5.74) is 7.75. The molecule has 0 saturated heterocycles. The molecule has 1 aromatic heterocycles. The fourth-order valence-electron chi connectivity index (χ4n) is 2.28. The number of sulfonamides is 1. The SMILES string of the molecule is CCC(N)(CCc1ccccc1C)NS(=O)(=O)c1cccs1. The topological polar surface area (TPSA) is 72.2 Å². The van der Waals surface area contributed by atoms with E-state index in [1.54, 1.807) is 17.5 Å². The molecule has 0 amide bonds. The van der Waals surface area contributed by atoms with Gasteiger partial charge in [-0.2, -0.15) is 4.72 Å². The largest absolute Gasteiger partial charge is 0.312 e. The standard InChI is InChI=1S/C16H22N2O2S2/c1-3-16(17,11-10-14-8-5-4-7-13(14)2)18-22(19,20)15-9-6-12-21-15/h4-9,12,18H,3,10-11,17H2,1-2H3. The summed E-state index contributed by atoms with van der Waals surface area (Å²) < 4.78 is 27.7. The lowest BCUT2D eigenvalue weighted by atomic mass is 9.96. The molecule has 120 valence electrons. The monoisotopic (exact) mass is 338 g/mol. The van der Waals surface area contributed by atoms with Crippen LogP contribution in [0.5, 0.6) is 0 Å². The van der Waals surface area contributed by atoms with Crippen LogP contribution in [-0.4, -0.2) is 14.1 Å². The second-order valence-electron chi connectivity index (χ2n) is 5.47. The molecular formula is C16H22N2O2S2. The molecule has 4 nitrogen and oxygen atoms in total. The van der Waals surface area contributed by atoms with Crippen molar-refractivity contribution in [3.63, 3.8) is 0 Å². The molecule has 0 spiro atoms. The van der Waals surface area contributed by atoms with Crippen LogP contribution < -0.4 is 10.5 Å². The maximum absolute atomic E-state index is 12.4. The van der Waals surface area contributed by atoms with E-state index in [1.165, 1.54) is 22.5 Å². The lowest BCUT2D eigenvalue weighted by molar-refractivity contribution is 0.353. The van der Waals surface area contributed by atoms with E-state index in [4.69, 9.17) is 5.73 Å². The molecule has 1 heterocycles. The van der Waals surface area contributed by atoms with E-state index < -0.39 is 15.7 Å². The number of hydrogen-bond donors (Lipinski definition) is 2. The Morgan fingerprint density at radius 1 is 1.23 bits per heavy atom. The van der Waals surface area contributed by atoms with Crippen molar-refractivity contribution in [2.75, 3.05) is 0 Å². The molecule has 1 unspecified atom stereocenters. The average Bonchev–Trinajstić information content (AvgIpc) is 3.01. The highest BCUT2D eigenvalue weighted by Gasteiger charge is 2.30. The molecule has 22 heavy (non-hydrogen) atoms. The van der Waals surface area contributed by atoms with Crippen LogP contribution in [0.25, 0.3) is 0 Å². The molecule has 0 aliphatic carbocycles. The van der Waals surface area contributed by atoms with Gasteiger partial charge in [0.25, 0.3) is 10.0 Å². The highest BCUT2D eigenvalue weighted by molar-refractivity contribution is 7.91. The molecule has 0 saturated carbocycles. The van der Waals surface area contributed by atoms with Gasteiger partial charge in [0.1, 0.15) is 4.21 Å². The Bertz CT molecular complexity index is 712. The third-order valence-corrected chi connectivity index (χ3v) is 6.78. The van der Waals surface area contributed by atoms with Gasteiger partial charge >= 0.3 is 0 Å². The minimum absolute atomic E-state index is 0.298. The van der Waals surface area contributed by atoms with Crippen LogP contribution >= 0.6 is 11.3 Å². The summed E-state index contributed by atoms with van der Waals surface area (Å²) in [6.45, 7) is 3.95. The van der Waals surface area contributed by atoms with Crippen molar-refractivity contribution in [1.82, 2.24) is 4.72 Å². The number of benzene rings is 1. The molecule has 0 aliphatic heterocycles. The number of thiophene rings is 1. The molecule has 1 aromatic carbocycles. The summed E-state index contributed by atoms with van der Waals surface area (Å²) in [6, 6.07) is 11.4. The van der Waals surface area contributed by atoms with Gasteiger partial charge in [-0.05, 0) is 48.8 Å². The van der Waals surface area contributed by atoms with E-state index >= 15 is 0 Å². The van der Waals surface area contributed by atoms with Crippen molar-refractivity contribution in [3.05, 3.63) is 52.9 Å². The van der Waals surface area contributed by atoms with Gasteiger partial charge in [0, 0.05) is 0 Å². The van der Waals surface area contributed by atoms with E-state index in [0.29, 0.717) is 17.1 Å². The minimum atomic E-state index is -3.56. The Morgan fingerprint density at radius 3 is 2.55 bits per heavy atom. The van der Waals surface area contributed by atoms with Crippen molar-refractivity contribution in [2.45, 2.75) is 43.0 Å². The van der Waals surface area contributed by atoms with Crippen LogP contribution in [0.3, 0.4) is 0 Å². The van der Waals surface area contributed by atoms with Gasteiger partial charge in [-0.3, -0.25) is 0 Å². The molecule has 0 radical (unpaired) electrons. The summed E-state index contributed by atoms with van der Waals surface area (Å²) in [5, 5.41) is 1.74. The molecule has 3 N–H and O–H groups in total. The fourth-order valence-corrected chi connectivity index (χ4v) is 4.67. The molecule has 2 aromatic rings. The Labute approximate surface area is 136 Å². The van der Waals surface area contributed by atoms with Crippen LogP contribution in [0.1, 0.15) is 30.9 Å². The summed E-state index contributed by atoms with van der Waals surface area (Å²) in [5.74, 6) is 0. The van der Waals surface area contributed by atoms with E-state index in [9.17, 15) is 8.42 Å². The van der Waals surface area contributed by atoms with Gasteiger partial charge in [0.15, 0.2) is 0 Å². The van der Waals surface area contributed by atoms with E-state index in [1.807, 2.05) is 19.1 Å². The molecule has 0 fully saturated rings. The Hall–Kier alpha value is -1.21. The van der Waals surface area contributed by atoms with Crippen LogP contribution in [0.4, 0.5) is 0 Å². The number of nitrogens with one attached hydrogen (secondary N) is 1. The van der Waals surface area contributed by atoms with Gasteiger partial charge in [0.2, 0.25) is 0 Å². The number of aryl methyl sites for hydroxylation is 2. The third-order valence-electron chi connectivity index (χ3n) is 3.83. The molecule has 0 bridgehead atoms. The minimum Gasteiger partial charge on any atom is -0.312 e. The first-order valence-electron chi connectivity index (χ1n) is 7.27. The maximum atomic E-state index is 12.4. The highest BCUT2D eigenvalue weighted by Crippen LogP contribution is 2.21. The number of rotatable bonds is 7. The van der Waals surface area contributed by atoms with Crippen molar-refractivity contribution in [3.8, 4) is 0 Å². The first-order chi connectivity index (χ1) is 10.4. The second-order valence-corrected chi connectivity index (χ2v) is 8.33. The smallest absolute Gasteiger partial charge is 0.251 e. The Kier molecular flexibility index (Phi) is 5.39. The molecule has 0 aliphatic rings. The zero-order chi connectivity index (χ0) is 16.2. The van der Waals surface area contributed by atoms with Crippen LogP contribution in [0, 0.1) is 6.92 Å². The van der Waals surface area contributed by atoms with Gasteiger partial charge < -0.3 is 5.73 Å². The van der Waals surface area contributed by atoms with Crippen molar-refractivity contribution < 1.29 is 8.42 Å². The molecular weight excluding hydrogens is 316 g/mol. The fraction of sp³-hybridized carbons (Fsp3) is 0.375. The zero-order valence-electron chi connectivity index (χ0n) is 12.9. The highest BCUT2D eigenvalue weighted by atomic mass is 32.2. The summed E-state index contributed by atoms with van der Waals surface area (Å²) in [7, 11) is -3.56. The van der Waals surface area contributed by atoms with Crippen LogP contribution in [0.2, 0.25) is 0 Å². The maximum Gasteiger partial charge on any atom is 0.251 e. The molecule has 2 rings (SSSR count). The van der Waals surface area contributed by atoms with Gasteiger partial charge in [-0.15, -0.1) is 11.3 Å². The van der Waals surface area contributed by atoms with E-state index in [2.05, 4.69) is 23.8 Å². The molecule has 1 atom stereocenters. The van der Waals surface area contributed by atoms with E-state index in [-0.39, 0.29) is 0 Å². The van der Waals surface area contributed by atoms with Gasteiger partial charge in [-0.1, -0.05) is 37.3 Å². The second kappa shape index (κ2) is 6.91. The van der Waals surface area contributed by atoms with Gasteiger partial charge in [0.05, 0.1) is 5.66 Å². The lowest BCUT2D eigenvalue weighted by Crippen LogP contribution is -2.55. The number of hydrogen-bond acceptors (Lipinski definition) is 4. The zero-order valence-corrected chi connectivity index (χ0v) is 14.5. The number of nitrogens with two attached hydrogens (primary N) is 1. The van der Waals surface area contributed by atoms with Crippen LogP contribution in [0.15, 0.2) is 46.0 Å². The van der Waals surface area contributed by atoms with Gasteiger partial charge in [-0.25, -0.2) is 8.42 Å². The van der Waals surface area contributed by atoms with Crippen LogP contribution in [-0.2, 0) is 16.4 Å². The first-order valence-corrected chi connectivity index (χ1v) is 9.63. The quantitative estimate of drug-likeness (QED) is 0.762. The molecule has 6 heteroatoms. The van der Waals surface area contributed by atoms with E-state index in [0.717, 1.165) is 6.42 Å². The summed E-state index contributed by atoms with van der Waals surface area (Å²) in [4.78, 5) is 0. The normalized spacial score (nSPS) is 14.7. The van der Waals surface area contributed by atoms with Crippen molar-refractivity contribution >= 4 is 21.4 Å². The summed E-state index contributed by atoms with van der Waals surface area (Å²) >= 11 is 1.19. The first kappa shape index (κ1) is 17.1. The Morgan fingerprint density at radius 2 is 1.95 bits per heavy atom. The Balaban J connectivity index is 2.11. The predicted octanol–water partition coefficient (Wildman–Crippen LogP) is 3.03. The average molecular weight is 338 g/mol. The summed E-state index contributed by atoms with van der Waals surface area (Å²) in [6.07, 6.45) is 1.83. The predicted molar refractivity (Wildman–Crippen MR) is 91.3 cm³/mol. The van der Waals surface area contributed by atoms with Crippen molar-refractivity contribution in [1.29, 1.82) is 0 Å². The third kappa shape index (κ3) is 4.16.